The Morgan fingerprint density at radius 3 is 2.11 bits per heavy atom. The van der Waals surface area contributed by atoms with Crippen LogP contribution >= 0.6 is 0 Å². The molecule has 6 heteroatoms. The lowest BCUT2D eigenvalue weighted by molar-refractivity contribution is -0.125. The minimum Gasteiger partial charge on any atom is -0.467 e. The van der Waals surface area contributed by atoms with Gasteiger partial charge in [0.15, 0.2) is 5.82 Å². The van der Waals surface area contributed by atoms with Gasteiger partial charge in [0.25, 0.3) is 0 Å². The molecule has 47 heavy (non-hydrogen) atoms. The Balaban J connectivity index is 0.000000676. The lowest BCUT2D eigenvalue weighted by Crippen LogP contribution is -2.32. The molecule has 0 saturated carbocycles. The van der Waals surface area contributed by atoms with Gasteiger partial charge in [-0.3, -0.25) is 9.36 Å². The van der Waals surface area contributed by atoms with E-state index >= 15 is 0 Å². The Labute approximate surface area is 290 Å². The second-order valence-corrected chi connectivity index (χ2v) is 12.7. The number of benzene rings is 1. The highest BCUT2D eigenvalue weighted by Gasteiger charge is 2.18. The number of hydrogen-bond donors (Lipinski definition) is 1. The quantitative estimate of drug-likeness (QED) is 0.183. The number of nitrogens with zero attached hydrogens (tertiary/aromatic N) is 3. The molecule has 0 bridgehead atoms. The predicted octanol–water partition coefficient (Wildman–Crippen LogP) is 11.4. The van der Waals surface area contributed by atoms with E-state index in [1.54, 1.807) is 12.7 Å². The van der Waals surface area contributed by atoms with Crippen molar-refractivity contribution in [3.05, 3.63) is 58.9 Å². The summed E-state index contributed by atoms with van der Waals surface area (Å²) in [5.41, 5.74) is 5.44. The summed E-state index contributed by atoms with van der Waals surface area (Å²) in [7, 11) is 1.61. The molecule has 1 amide bonds. The summed E-state index contributed by atoms with van der Waals surface area (Å²) in [6, 6.07) is 10.0. The number of fused-ring (bicyclic) bond motifs is 1. The lowest BCUT2D eigenvalue weighted by atomic mass is 9.88. The first kappa shape index (κ1) is 44.1. The van der Waals surface area contributed by atoms with E-state index < -0.39 is 0 Å². The second-order valence-electron chi connectivity index (χ2n) is 12.7. The maximum Gasteiger partial charge on any atom is 0.317 e. The summed E-state index contributed by atoms with van der Waals surface area (Å²) in [4.78, 5) is 11.4. The van der Waals surface area contributed by atoms with Gasteiger partial charge in [-0.25, -0.2) is 0 Å². The number of carbonyl (C=O) groups is 1. The second kappa shape index (κ2) is 27.1. The van der Waals surface area contributed by atoms with Crippen LogP contribution < -0.4 is 10.1 Å². The summed E-state index contributed by atoms with van der Waals surface area (Å²) in [6.45, 7) is 24.8. The topological polar surface area (TPSA) is 69.0 Å². The third-order valence-electron chi connectivity index (χ3n) is 8.82. The van der Waals surface area contributed by atoms with Gasteiger partial charge in [0, 0.05) is 19.0 Å². The number of carbonyl (C=O) groups excluding carboxylic acids is 1. The number of aromatic nitrogens is 3. The highest BCUT2D eigenvalue weighted by molar-refractivity contribution is 5.78. The molecule has 0 radical (unpaired) electrons. The van der Waals surface area contributed by atoms with E-state index in [1.807, 2.05) is 32.3 Å². The van der Waals surface area contributed by atoms with Gasteiger partial charge in [-0.05, 0) is 74.5 Å². The molecule has 3 unspecified atom stereocenters. The van der Waals surface area contributed by atoms with Crippen LogP contribution in [0, 0.1) is 11.8 Å². The van der Waals surface area contributed by atoms with Crippen LogP contribution in [0.3, 0.4) is 0 Å². The standard InChI is InChI=1S/C19H32.C10H13N3O.C10H21NO.C2H6/c1-4-7-9-12-18(10-6-3)19-15-13-17(14-16-19)11-8-5-2;1-7-4-5-13-9(8(2)6-7)11-12-10(13)14-3;1-5-7-11-10(12)9(4)8(3)6-2;1-2/h13-16,18H,4-12H2,1-3H3;4,6H,5H2,1-3H3;8-9H,5-7H2,1-4H3,(H,11,12);1-2H3. The molecule has 2 aromatic rings. The average molecular weight is 653 g/mol. The van der Waals surface area contributed by atoms with Crippen molar-refractivity contribution in [1.29, 1.82) is 0 Å². The molecule has 1 N–H and O–H groups in total. The molecule has 2 heterocycles. The van der Waals surface area contributed by atoms with E-state index in [4.69, 9.17) is 4.74 Å². The summed E-state index contributed by atoms with van der Waals surface area (Å²) < 4.78 is 7.09. The van der Waals surface area contributed by atoms with Crippen molar-refractivity contribution in [2.45, 2.75) is 159 Å². The number of ether oxygens (including phenoxy) is 1. The van der Waals surface area contributed by atoms with Crippen LogP contribution in [-0.4, -0.2) is 34.3 Å². The molecule has 1 aromatic carbocycles. The molecule has 268 valence electrons. The van der Waals surface area contributed by atoms with Crippen LogP contribution in [0.4, 0.5) is 0 Å². The van der Waals surface area contributed by atoms with E-state index in [9.17, 15) is 4.79 Å². The fraction of sp³-hybridized carbons (Fsp3) is 0.683. The average Bonchev–Trinajstić information content (AvgIpc) is 3.46. The molecular weight excluding hydrogens is 580 g/mol. The lowest BCUT2D eigenvalue weighted by Gasteiger charge is -2.17. The van der Waals surface area contributed by atoms with E-state index in [2.05, 4.69) is 100 Å². The van der Waals surface area contributed by atoms with Crippen LogP contribution in [0.1, 0.15) is 163 Å². The minimum atomic E-state index is 0.154. The Hall–Kier alpha value is -2.89. The summed E-state index contributed by atoms with van der Waals surface area (Å²) in [5, 5.41) is 11.0. The van der Waals surface area contributed by atoms with Crippen LogP contribution in [0.15, 0.2) is 42.0 Å². The van der Waals surface area contributed by atoms with Gasteiger partial charge in [0.05, 0.1) is 7.11 Å². The third kappa shape index (κ3) is 17.2. The molecule has 0 spiro atoms. The van der Waals surface area contributed by atoms with Crippen molar-refractivity contribution in [1.82, 2.24) is 20.1 Å². The number of rotatable bonds is 16. The molecule has 0 aliphatic carbocycles. The molecular formula is C41H72N4O2. The number of unbranched alkanes of at least 4 members (excludes halogenated alkanes) is 3. The first-order chi connectivity index (χ1) is 22.7. The van der Waals surface area contributed by atoms with Crippen LogP contribution in [0.2, 0.25) is 0 Å². The van der Waals surface area contributed by atoms with Gasteiger partial charge < -0.3 is 10.1 Å². The van der Waals surface area contributed by atoms with Gasteiger partial charge in [0.2, 0.25) is 5.91 Å². The highest BCUT2D eigenvalue weighted by Crippen LogP contribution is 2.28. The maximum atomic E-state index is 11.4. The minimum absolute atomic E-state index is 0.154. The Bertz CT molecular complexity index is 1130. The molecule has 3 rings (SSSR count). The Morgan fingerprint density at radius 1 is 0.894 bits per heavy atom. The van der Waals surface area contributed by atoms with Gasteiger partial charge >= 0.3 is 6.01 Å². The van der Waals surface area contributed by atoms with Gasteiger partial charge in [0.1, 0.15) is 0 Å². The molecule has 0 saturated heterocycles. The van der Waals surface area contributed by atoms with Gasteiger partial charge in [-0.1, -0.05) is 148 Å². The zero-order valence-corrected chi connectivity index (χ0v) is 32.5. The van der Waals surface area contributed by atoms with Crippen molar-refractivity contribution in [3.63, 3.8) is 0 Å². The maximum absolute atomic E-state index is 11.4. The monoisotopic (exact) mass is 653 g/mol. The summed E-state index contributed by atoms with van der Waals surface area (Å²) >= 11 is 0. The van der Waals surface area contributed by atoms with Crippen LogP contribution in [0.25, 0.3) is 5.57 Å². The third-order valence-corrected chi connectivity index (χ3v) is 8.82. The molecule has 6 nitrogen and oxygen atoms in total. The normalized spacial score (nSPS) is 13.7. The molecule has 1 aromatic heterocycles. The van der Waals surface area contributed by atoms with Crippen LogP contribution in [-0.2, 0) is 17.8 Å². The first-order valence-electron chi connectivity index (χ1n) is 18.9. The largest absolute Gasteiger partial charge is 0.467 e. The number of hydrogen-bond acceptors (Lipinski definition) is 4. The molecule has 3 atom stereocenters. The molecule has 1 aliphatic rings. The SMILES string of the molecule is CC.CCCCCC(CCC)c1ccc(CCCC)cc1.CCCNC(=O)C(C)C(C)CC.COc1nnc2n1CC=C(C)C=C2C. The number of aryl methyl sites for hydroxylation is 1. The smallest absolute Gasteiger partial charge is 0.317 e. The number of methoxy groups -OCH3 is 1. The number of allylic oxidation sites excluding steroid dienone is 4. The predicted molar refractivity (Wildman–Crippen MR) is 204 cm³/mol. The van der Waals surface area contributed by atoms with E-state index in [0.29, 0.717) is 11.9 Å². The van der Waals surface area contributed by atoms with Gasteiger partial charge in [-0.2, -0.15) is 0 Å². The fourth-order valence-corrected chi connectivity index (χ4v) is 5.42. The summed E-state index contributed by atoms with van der Waals surface area (Å²) in [6.07, 6.45) is 18.3. The first-order valence-corrected chi connectivity index (χ1v) is 18.9. The zero-order valence-electron chi connectivity index (χ0n) is 32.5. The van der Waals surface area contributed by atoms with E-state index in [1.165, 1.54) is 68.9 Å². The molecule has 0 fully saturated rings. The van der Waals surface area contributed by atoms with Crippen molar-refractivity contribution in [2.24, 2.45) is 11.8 Å². The van der Waals surface area contributed by atoms with Crippen LogP contribution in [0.5, 0.6) is 6.01 Å². The number of nitrogens with one attached hydrogen (secondary N) is 1. The highest BCUT2D eigenvalue weighted by atomic mass is 16.5. The zero-order chi connectivity index (χ0) is 35.6. The van der Waals surface area contributed by atoms with Gasteiger partial charge in [-0.15, -0.1) is 5.10 Å². The Morgan fingerprint density at radius 2 is 1.55 bits per heavy atom. The number of amides is 1. The fourth-order valence-electron chi connectivity index (χ4n) is 5.42. The Kier molecular flexibility index (Phi) is 25.4. The van der Waals surface area contributed by atoms with Crippen molar-refractivity contribution in [3.8, 4) is 6.01 Å². The van der Waals surface area contributed by atoms with E-state index in [-0.39, 0.29) is 11.8 Å². The van der Waals surface area contributed by atoms with Crippen molar-refractivity contribution < 1.29 is 9.53 Å². The molecule has 1 aliphatic heterocycles. The van der Waals surface area contributed by atoms with Crippen molar-refractivity contribution in [2.75, 3.05) is 13.7 Å². The summed E-state index contributed by atoms with van der Waals surface area (Å²) in [5.74, 6) is 2.52. The van der Waals surface area contributed by atoms with Crippen molar-refractivity contribution >= 4 is 11.5 Å². The van der Waals surface area contributed by atoms with E-state index in [0.717, 1.165) is 43.2 Å².